The fourth-order valence-corrected chi connectivity index (χ4v) is 7.93. The molecule has 0 amide bonds. The van der Waals surface area contributed by atoms with Gasteiger partial charge in [0, 0.05) is 0 Å². The predicted molar refractivity (Wildman–Crippen MR) is 237 cm³/mol. The number of unbranched alkanes of at least 4 members (excludes halogenated alkanes) is 32. The SMILES string of the molecule is C=CCCCCCCCCCCCCCCCCC(CCCCCCCCCCC=C)=C(CCC=C(C)C)CCCCCCCCCCCCC. The van der Waals surface area contributed by atoms with Crippen molar-refractivity contribution in [3.63, 3.8) is 0 Å². The standard InChI is InChI=1S/C51H96/c1-6-9-12-15-18-21-24-25-26-27-28-30-33-35-38-41-46-50(45-40-37-34-31-23-20-17-14-11-8-3)51(48-43-44-49(4)5)47-42-39-36-32-29-22-19-16-13-10-7-2/h6,8,44H,1,3,7,9-43,45-48H2,2,4-5H3. The van der Waals surface area contributed by atoms with Gasteiger partial charge in [0.25, 0.3) is 0 Å². The molecule has 0 aromatic heterocycles. The molecule has 0 atom stereocenters. The third kappa shape index (κ3) is 40.0. The van der Waals surface area contributed by atoms with E-state index in [9.17, 15) is 0 Å². The van der Waals surface area contributed by atoms with Gasteiger partial charge >= 0.3 is 0 Å². The monoisotopic (exact) mass is 709 g/mol. The van der Waals surface area contributed by atoms with Crippen molar-refractivity contribution < 1.29 is 0 Å². The van der Waals surface area contributed by atoms with Crippen molar-refractivity contribution in [1.82, 2.24) is 0 Å². The second-order valence-electron chi connectivity index (χ2n) is 16.7. The predicted octanol–water partition coefficient (Wildman–Crippen LogP) is 19.2. The van der Waals surface area contributed by atoms with Gasteiger partial charge < -0.3 is 0 Å². The number of hydrogen-bond acceptors (Lipinski definition) is 0. The van der Waals surface area contributed by atoms with E-state index in [4.69, 9.17) is 0 Å². The molecular formula is C51H96. The van der Waals surface area contributed by atoms with E-state index >= 15 is 0 Å². The van der Waals surface area contributed by atoms with Crippen LogP contribution in [0, 0.1) is 0 Å². The Bertz CT molecular complexity index is 761. The van der Waals surface area contributed by atoms with Crippen molar-refractivity contribution in [2.75, 3.05) is 0 Å². The Kier molecular flexibility index (Phi) is 42.5. The lowest BCUT2D eigenvalue weighted by Gasteiger charge is -2.17. The van der Waals surface area contributed by atoms with Crippen LogP contribution in [0.4, 0.5) is 0 Å². The van der Waals surface area contributed by atoms with E-state index in [0.29, 0.717) is 0 Å². The molecule has 0 bridgehead atoms. The first-order valence-corrected chi connectivity index (χ1v) is 23.7. The van der Waals surface area contributed by atoms with E-state index in [0.717, 1.165) is 0 Å². The Morgan fingerprint density at radius 2 is 0.569 bits per heavy atom. The summed E-state index contributed by atoms with van der Waals surface area (Å²) in [4.78, 5) is 0. The van der Waals surface area contributed by atoms with Gasteiger partial charge in [-0.25, -0.2) is 0 Å². The molecule has 0 aromatic carbocycles. The molecule has 0 radical (unpaired) electrons. The lowest BCUT2D eigenvalue weighted by Crippen LogP contribution is -1.97. The van der Waals surface area contributed by atoms with Crippen LogP contribution in [-0.4, -0.2) is 0 Å². The van der Waals surface area contributed by atoms with Gasteiger partial charge in [-0.15, -0.1) is 13.2 Å². The van der Waals surface area contributed by atoms with E-state index in [1.54, 1.807) is 0 Å². The van der Waals surface area contributed by atoms with Crippen molar-refractivity contribution in [1.29, 1.82) is 0 Å². The van der Waals surface area contributed by atoms with Crippen molar-refractivity contribution in [2.45, 2.75) is 278 Å². The summed E-state index contributed by atoms with van der Waals surface area (Å²) in [6, 6.07) is 0. The van der Waals surface area contributed by atoms with Crippen LogP contribution in [-0.2, 0) is 0 Å². The summed E-state index contributed by atoms with van der Waals surface area (Å²) in [5.74, 6) is 0. The normalized spacial score (nSPS) is 11.9. The van der Waals surface area contributed by atoms with Gasteiger partial charge in [-0.05, 0) is 90.9 Å². The number of hydrogen-bond donors (Lipinski definition) is 0. The molecule has 0 aliphatic heterocycles. The Morgan fingerprint density at radius 3 is 0.843 bits per heavy atom. The highest BCUT2D eigenvalue weighted by Crippen LogP contribution is 2.28. The van der Waals surface area contributed by atoms with Crippen molar-refractivity contribution in [2.24, 2.45) is 0 Å². The zero-order chi connectivity index (χ0) is 37.1. The maximum absolute atomic E-state index is 3.87. The topological polar surface area (TPSA) is 0 Å². The quantitative estimate of drug-likeness (QED) is 0.0437. The van der Waals surface area contributed by atoms with Gasteiger partial charge in [-0.1, -0.05) is 222 Å². The Hall–Kier alpha value is -1.04. The van der Waals surface area contributed by atoms with Crippen molar-refractivity contribution in [3.05, 3.63) is 48.1 Å². The third-order valence-corrected chi connectivity index (χ3v) is 11.4. The fourth-order valence-electron chi connectivity index (χ4n) is 7.93. The number of allylic oxidation sites excluding steroid dienone is 6. The first-order valence-electron chi connectivity index (χ1n) is 23.7. The van der Waals surface area contributed by atoms with E-state index in [2.05, 4.69) is 52.2 Å². The molecule has 0 nitrogen and oxygen atoms in total. The van der Waals surface area contributed by atoms with Gasteiger partial charge in [0.05, 0.1) is 0 Å². The van der Waals surface area contributed by atoms with Crippen LogP contribution < -0.4 is 0 Å². The van der Waals surface area contributed by atoms with Gasteiger partial charge in [0.2, 0.25) is 0 Å². The third-order valence-electron chi connectivity index (χ3n) is 11.4. The van der Waals surface area contributed by atoms with Gasteiger partial charge in [-0.2, -0.15) is 0 Å². The molecule has 0 rings (SSSR count). The summed E-state index contributed by atoms with van der Waals surface area (Å²) in [6.07, 6.45) is 63.1. The van der Waals surface area contributed by atoms with Gasteiger partial charge in [0.15, 0.2) is 0 Å². The minimum Gasteiger partial charge on any atom is -0.103 e. The lowest BCUT2D eigenvalue weighted by molar-refractivity contribution is 0.530. The summed E-state index contributed by atoms with van der Waals surface area (Å²) in [6.45, 7) is 14.6. The van der Waals surface area contributed by atoms with E-state index in [-0.39, 0.29) is 0 Å². The van der Waals surface area contributed by atoms with E-state index in [1.807, 2.05) is 11.1 Å². The van der Waals surface area contributed by atoms with Gasteiger partial charge in [0.1, 0.15) is 0 Å². The molecule has 0 fully saturated rings. The molecule has 0 aliphatic carbocycles. The molecule has 0 heterocycles. The zero-order valence-corrected chi connectivity index (χ0v) is 35.9. The average molecular weight is 709 g/mol. The van der Waals surface area contributed by atoms with Crippen molar-refractivity contribution >= 4 is 0 Å². The van der Waals surface area contributed by atoms with Crippen LogP contribution in [0.5, 0.6) is 0 Å². The molecule has 0 saturated heterocycles. The highest BCUT2D eigenvalue weighted by Gasteiger charge is 2.09. The summed E-state index contributed by atoms with van der Waals surface area (Å²) in [7, 11) is 0. The first kappa shape index (κ1) is 50.0. The molecule has 0 aliphatic rings. The second-order valence-corrected chi connectivity index (χ2v) is 16.7. The van der Waals surface area contributed by atoms with Crippen LogP contribution in [0.25, 0.3) is 0 Å². The Morgan fingerprint density at radius 1 is 0.314 bits per heavy atom. The molecule has 0 spiro atoms. The van der Waals surface area contributed by atoms with Crippen molar-refractivity contribution in [3.8, 4) is 0 Å². The second kappa shape index (κ2) is 43.4. The molecular weight excluding hydrogens is 613 g/mol. The van der Waals surface area contributed by atoms with Crippen LogP contribution >= 0.6 is 0 Å². The largest absolute Gasteiger partial charge is 0.103 e. The molecule has 51 heavy (non-hydrogen) atoms. The average Bonchev–Trinajstić information content (AvgIpc) is 3.12. The summed E-state index contributed by atoms with van der Waals surface area (Å²) < 4.78 is 0. The number of rotatable bonds is 43. The van der Waals surface area contributed by atoms with Crippen LogP contribution in [0.2, 0.25) is 0 Å². The first-order chi connectivity index (χ1) is 25.2. The zero-order valence-electron chi connectivity index (χ0n) is 35.9. The van der Waals surface area contributed by atoms with E-state index < -0.39 is 0 Å². The summed E-state index contributed by atoms with van der Waals surface area (Å²) >= 11 is 0. The minimum absolute atomic E-state index is 1.20. The van der Waals surface area contributed by atoms with Crippen LogP contribution in [0.1, 0.15) is 278 Å². The Labute approximate surface area is 324 Å². The lowest BCUT2D eigenvalue weighted by atomic mass is 9.90. The molecule has 0 unspecified atom stereocenters. The molecule has 0 saturated carbocycles. The summed E-state index contributed by atoms with van der Waals surface area (Å²) in [5.41, 5.74) is 5.27. The van der Waals surface area contributed by atoms with Gasteiger partial charge in [-0.3, -0.25) is 0 Å². The van der Waals surface area contributed by atoms with E-state index in [1.165, 1.54) is 262 Å². The Balaban J connectivity index is 4.67. The molecule has 0 aromatic rings. The fraction of sp³-hybridized carbons (Fsp3) is 0.843. The minimum atomic E-state index is 1.20. The molecule has 0 heteroatoms. The summed E-state index contributed by atoms with van der Waals surface area (Å²) in [5, 5.41) is 0. The maximum atomic E-state index is 3.87. The smallest absolute Gasteiger partial charge is 0.0283 e. The molecule has 0 N–H and O–H groups in total. The molecule has 300 valence electrons. The highest BCUT2D eigenvalue weighted by molar-refractivity contribution is 5.16. The van der Waals surface area contributed by atoms with Crippen LogP contribution in [0.15, 0.2) is 48.1 Å². The highest BCUT2D eigenvalue weighted by atomic mass is 14.1. The maximum Gasteiger partial charge on any atom is -0.0283 e. The van der Waals surface area contributed by atoms with Crippen LogP contribution in [0.3, 0.4) is 0 Å².